The molecule has 1 saturated carbocycles. The van der Waals surface area contributed by atoms with E-state index < -0.39 is 0 Å². The Labute approximate surface area is 73.6 Å². The number of Topliss-reactive ketones (excluding diaryl/α,β-unsaturated/α-hetero) is 1. The van der Waals surface area contributed by atoms with Gasteiger partial charge in [0, 0.05) is 12.8 Å². The molecule has 0 aromatic carbocycles. The molecule has 0 radical (unpaired) electrons. The van der Waals surface area contributed by atoms with Crippen molar-refractivity contribution < 1.29 is 4.79 Å². The van der Waals surface area contributed by atoms with Gasteiger partial charge in [-0.1, -0.05) is 6.92 Å². The van der Waals surface area contributed by atoms with E-state index in [1.165, 1.54) is 0 Å². The summed E-state index contributed by atoms with van der Waals surface area (Å²) in [6.45, 7) is 5.91. The van der Waals surface area contributed by atoms with Crippen LogP contribution in [0.25, 0.3) is 0 Å². The van der Waals surface area contributed by atoms with Crippen molar-refractivity contribution >= 4 is 5.78 Å². The van der Waals surface area contributed by atoms with E-state index in [2.05, 4.69) is 13.0 Å². The highest BCUT2D eigenvalue weighted by Crippen LogP contribution is 2.41. The summed E-state index contributed by atoms with van der Waals surface area (Å²) >= 11 is 0. The number of nitriles is 1. The lowest BCUT2D eigenvalue weighted by Crippen LogP contribution is -2.24. The smallest absolute Gasteiger partial charge is 0.133 e. The normalized spacial score (nSPS) is 30.3. The molecule has 0 heterocycles. The van der Waals surface area contributed by atoms with Gasteiger partial charge in [0.2, 0.25) is 0 Å². The maximum absolute atomic E-state index is 11.1. The minimum atomic E-state index is -0.342. The maximum Gasteiger partial charge on any atom is 0.133 e. The Morgan fingerprint density at radius 2 is 2.08 bits per heavy atom. The Morgan fingerprint density at radius 3 is 2.42 bits per heavy atom. The summed E-state index contributed by atoms with van der Waals surface area (Å²) in [6, 6.07) is 2.28. The third-order valence-corrected chi connectivity index (χ3v) is 2.90. The summed E-state index contributed by atoms with van der Waals surface area (Å²) in [5.74, 6) is 0.956. The van der Waals surface area contributed by atoms with Crippen LogP contribution in [0.15, 0.2) is 0 Å². The molecule has 12 heavy (non-hydrogen) atoms. The Bertz CT molecular complexity index is 237. The summed E-state index contributed by atoms with van der Waals surface area (Å²) < 4.78 is 0. The maximum atomic E-state index is 11.1. The predicted octanol–water partition coefficient (Wildman–Crippen LogP) is 2.15. The van der Waals surface area contributed by atoms with Crippen LogP contribution in [0.2, 0.25) is 0 Å². The first kappa shape index (κ1) is 9.25. The molecule has 1 fully saturated rings. The number of rotatable bonds is 1. The van der Waals surface area contributed by atoms with Crippen LogP contribution >= 0.6 is 0 Å². The topological polar surface area (TPSA) is 40.9 Å². The standard InChI is InChI=1S/C10H15NO/c1-7-4-8(12)5-9(7)10(2,3)6-11/h7,9H,4-5H2,1-3H3. The van der Waals surface area contributed by atoms with E-state index in [1.807, 2.05) is 13.8 Å². The highest BCUT2D eigenvalue weighted by molar-refractivity contribution is 5.81. The molecule has 2 heteroatoms. The quantitative estimate of drug-likeness (QED) is 0.597. The van der Waals surface area contributed by atoms with Crippen molar-refractivity contribution in [1.82, 2.24) is 0 Å². The van der Waals surface area contributed by atoms with Gasteiger partial charge in [0.15, 0.2) is 0 Å². The van der Waals surface area contributed by atoms with E-state index in [-0.39, 0.29) is 11.3 Å². The van der Waals surface area contributed by atoms with Gasteiger partial charge in [-0.15, -0.1) is 0 Å². The molecule has 0 aromatic heterocycles. The van der Waals surface area contributed by atoms with Crippen molar-refractivity contribution in [1.29, 1.82) is 5.26 Å². The minimum Gasteiger partial charge on any atom is -0.300 e. The lowest BCUT2D eigenvalue weighted by Gasteiger charge is -2.26. The summed E-state index contributed by atoms with van der Waals surface area (Å²) in [6.07, 6.45) is 1.26. The fourth-order valence-electron chi connectivity index (χ4n) is 2.08. The van der Waals surface area contributed by atoms with Crippen LogP contribution in [0, 0.1) is 28.6 Å². The van der Waals surface area contributed by atoms with Crippen molar-refractivity contribution in [2.45, 2.75) is 33.6 Å². The minimum absolute atomic E-state index is 0.259. The lowest BCUT2D eigenvalue weighted by molar-refractivity contribution is -0.117. The van der Waals surface area contributed by atoms with Crippen LogP contribution in [0.1, 0.15) is 33.6 Å². The Morgan fingerprint density at radius 1 is 1.50 bits per heavy atom. The van der Waals surface area contributed by atoms with E-state index in [4.69, 9.17) is 5.26 Å². The second kappa shape index (κ2) is 2.90. The average molecular weight is 165 g/mol. The number of carbonyl (C=O) groups excluding carboxylic acids is 1. The van der Waals surface area contributed by atoms with Crippen LogP contribution in [-0.4, -0.2) is 5.78 Å². The van der Waals surface area contributed by atoms with Gasteiger partial charge in [-0.2, -0.15) is 5.26 Å². The molecule has 0 saturated heterocycles. The molecule has 2 unspecified atom stereocenters. The van der Waals surface area contributed by atoms with Crippen LogP contribution in [0.4, 0.5) is 0 Å². The van der Waals surface area contributed by atoms with Gasteiger partial charge < -0.3 is 0 Å². The van der Waals surface area contributed by atoms with E-state index in [1.54, 1.807) is 0 Å². The van der Waals surface area contributed by atoms with E-state index in [0.29, 0.717) is 24.5 Å². The van der Waals surface area contributed by atoms with Crippen LogP contribution in [-0.2, 0) is 4.79 Å². The third kappa shape index (κ3) is 1.50. The number of hydrogen-bond acceptors (Lipinski definition) is 2. The van der Waals surface area contributed by atoms with Gasteiger partial charge in [-0.3, -0.25) is 4.79 Å². The van der Waals surface area contributed by atoms with Crippen molar-refractivity contribution in [3.8, 4) is 6.07 Å². The van der Waals surface area contributed by atoms with Gasteiger partial charge in [-0.25, -0.2) is 0 Å². The zero-order valence-corrected chi connectivity index (χ0v) is 7.92. The van der Waals surface area contributed by atoms with Gasteiger partial charge in [0.25, 0.3) is 0 Å². The molecule has 66 valence electrons. The number of carbonyl (C=O) groups is 1. The number of hydrogen-bond donors (Lipinski definition) is 0. The van der Waals surface area contributed by atoms with Crippen LogP contribution in [0.5, 0.6) is 0 Å². The molecule has 1 aliphatic carbocycles. The van der Waals surface area contributed by atoms with Crippen molar-refractivity contribution in [2.75, 3.05) is 0 Å². The molecule has 0 N–H and O–H groups in total. The Balaban J connectivity index is 2.78. The first-order chi connectivity index (χ1) is 5.47. The zero-order valence-electron chi connectivity index (χ0n) is 7.92. The lowest BCUT2D eigenvalue weighted by atomic mass is 9.75. The van der Waals surface area contributed by atoms with Crippen LogP contribution in [0.3, 0.4) is 0 Å². The molecule has 0 spiro atoms. The van der Waals surface area contributed by atoms with E-state index >= 15 is 0 Å². The van der Waals surface area contributed by atoms with Gasteiger partial charge in [0.1, 0.15) is 5.78 Å². The summed E-state index contributed by atoms with van der Waals surface area (Å²) in [5, 5.41) is 8.90. The molecule has 0 aliphatic heterocycles. The fraction of sp³-hybridized carbons (Fsp3) is 0.800. The zero-order chi connectivity index (χ0) is 9.35. The van der Waals surface area contributed by atoms with Gasteiger partial charge >= 0.3 is 0 Å². The van der Waals surface area contributed by atoms with Crippen molar-refractivity contribution in [2.24, 2.45) is 17.3 Å². The largest absolute Gasteiger partial charge is 0.300 e. The molecule has 1 aliphatic rings. The van der Waals surface area contributed by atoms with Crippen molar-refractivity contribution in [3.05, 3.63) is 0 Å². The fourth-order valence-corrected chi connectivity index (χ4v) is 2.08. The van der Waals surface area contributed by atoms with Crippen molar-refractivity contribution in [3.63, 3.8) is 0 Å². The third-order valence-electron chi connectivity index (χ3n) is 2.90. The molecule has 2 nitrogen and oxygen atoms in total. The summed E-state index contributed by atoms with van der Waals surface area (Å²) in [5.41, 5.74) is -0.342. The van der Waals surface area contributed by atoms with E-state index in [0.717, 1.165) is 0 Å². The molecular formula is C10H15NO. The predicted molar refractivity (Wildman–Crippen MR) is 46.3 cm³/mol. The second-order valence-electron chi connectivity index (χ2n) is 4.36. The summed E-state index contributed by atoms with van der Waals surface area (Å²) in [4.78, 5) is 11.1. The average Bonchev–Trinajstić information content (AvgIpc) is 2.31. The van der Waals surface area contributed by atoms with E-state index in [9.17, 15) is 4.79 Å². The highest BCUT2D eigenvalue weighted by atomic mass is 16.1. The number of nitrogens with zero attached hydrogens (tertiary/aromatic N) is 1. The molecular weight excluding hydrogens is 150 g/mol. The molecule has 0 aromatic rings. The van der Waals surface area contributed by atoms with Crippen LogP contribution < -0.4 is 0 Å². The Kier molecular flexibility index (Phi) is 2.23. The number of ketones is 1. The summed E-state index contributed by atoms with van der Waals surface area (Å²) in [7, 11) is 0. The highest BCUT2D eigenvalue weighted by Gasteiger charge is 2.40. The molecule has 1 rings (SSSR count). The monoisotopic (exact) mass is 165 g/mol. The first-order valence-corrected chi connectivity index (χ1v) is 4.40. The molecule has 0 amide bonds. The molecule has 0 bridgehead atoms. The first-order valence-electron chi connectivity index (χ1n) is 4.40. The Hall–Kier alpha value is -0.840. The SMILES string of the molecule is CC1CC(=O)CC1C(C)(C)C#N. The van der Waals surface area contributed by atoms with Gasteiger partial charge in [0.05, 0.1) is 11.5 Å². The molecule has 2 atom stereocenters. The second-order valence-corrected chi connectivity index (χ2v) is 4.36. The van der Waals surface area contributed by atoms with Gasteiger partial charge in [-0.05, 0) is 25.7 Å².